The molecule has 0 bridgehead atoms. The van der Waals surface area contributed by atoms with Crippen LogP contribution in [-0.4, -0.2) is 36.2 Å². The summed E-state index contributed by atoms with van der Waals surface area (Å²) < 4.78 is 4.85. The lowest BCUT2D eigenvalue weighted by Gasteiger charge is -2.33. The number of rotatable bonds is 2. The predicted molar refractivity (Wildman–Crippen MR) is 78.4 cm³/mol. The van der Waals surface area contributed by atoms with Crippen LogP contribution in [0.1, 0.15) is 44.2 Å². The van der Waals surface area contributed by atoms with Crippen molar-refractivity contribution in [3.8, 4) is 0 Å². The highest BCUT2D eigenvalue weighted by atomic mass is 16.5. The number of hydrogen-bond donors (Lipinski definition) is 1. The minimum atomic E-state index is 0.559. The van der Waals surface area contributed by atoms with Crippen molar-refractivity contribution in [2.75, 3.05) is 20.1 Å². The summed E-state index contributed by atoms with van der Waals surface area (Å²) in [5.74, 6) is 0.996. The van der Waals surface area contributed by atoms with E-state index < -0.39 is 0 Å². The van der Waals surface area contributed by atoms with Crippen LogP contribution in [0, 0.1) is 5.41 Å². The van der Waals surface area contributed by atoms with Crippen LogP contribution in [0.25, 0.3) is 0 Å². The van der Waals surface area contributed by atoms with Gasteiger partial charge in [-0.3, -0.25) is 4.99 Å². The lowest BCUT2D eigenvalue weighted by atomic mass is 9.73. The van der Waals surface area contributed by atoms with Crippen molar-refractivity contribution in [1.82, 2.24) is 15.4 Å². The molecule has 2 heterocycles. The monoisotopic (exact) mass is 276 g/mol. The molecule has 1 spiro atoms. The maximum absolute atomic E-state index is 4.85. The zero-order valence-corrected chi connectivity index (χ0v) is 12.3. The Morgan fingerprint density at radius 1 is 1.40 bits per heavy atom. The average Bonchev–Trinajstić information content (AvgIpc) is 3.12. The first-order valence-corrected chi connectivity index (χ1v) is 7.66. The van der Waals surface area contributed by atoms with Crippen LogP contribution in [0.15, 0.2) is 21.8 Å². The van der Waals surface area contributed by atoms with Gasteiger partial charge in [-0.05, 0) is 24.7 Å². The van der Waals surface area contributed by atoms with Crippen LogP contribution in [0.4, 0.5) is 0 Å². The van der Waals surface area contributed by atoms with Gasteiger partial charge < -0.3 is 14.7 Å². The minimum absolute atomic E-state index is 0.559. The fourth-order valence-corrected chi connectivity index (χ4v) is 3.66. The van der Waals surface area contributed by atoms with E-state index in [1.807, 2.05) is 13.1 Å². The van der Waals surface area contributed by atoms with Crippen molar-refractivity contribution in [3.05, 3.63) is 18.0 Å². The van der Waals surface area contributed by atoms with Gasteiger partial charge in [0.1, 0.15) is 12.0 Å². The van der Waals surface area contributed by atoms with E-state index in [0.29, 0.717) is 12.0 Å². The van der Waals surface area contributed by atoms with Gasteiger partial charge in [0.05, 0.1) is 6.54 Å². The average molecular weight is 276 g/mol. The molecular formula is C15H24N4O. The number of aliphatic imine (C=N–C) groups is 1. The second kappa shape index (κ2) is 5.85. The molecule has 2 aliphatic rings. The van der Waals surface area contributed by atoms with E-state index in [9.17, 15) is 0 Å². The Morgan fingerprint density at radius 3 is 2.95 bits per heavy atom. The van der Waals surface area contributed by atoms with Gasteiger partial charge in [0.25, 0.3) is 0 Å². The molecule has 5 heteroatoms. The Kier molecular flexibility index (Phi) is 3.94. The van der Waals surface area contributed by atoms with E-state index in [1.54, 1.807) is 6.26 Å². The third-order valence-electron chi connectivity index (χ3n) is 4.78. The summed E-state index contributed by atoms with van der Waals surface area (Å²) >= 11 is 0. The molecule has 20 heavy (non-hydrogen) atoms. The number of nitrogens with zero attached hydrogens (tertiary/aromatic N) is 3. The fourth-order valence-electron chi connectivity index (χ4n) is 3.66. The smallest absolute Gasteiger partial charge is 0.193 e. The molecule has 1 N–H and O–H groups in total. The van der Waals surface area contributed by atoms with Crippen LogP contribution in [0.5, 0.6) is 0 Å². The Hall–Kier alpha value is -1.52. The zero-order chi connectivity index (χ0) is 13.8. The third-order valence-corrected chi connectivity index (χ3v) is 4.78. The Morgan fingerprint density at radius 2 is 2.25 bits per heavy atom. The Bertz CT molecular complexity index is 448. The topological polar surface area (TPSA) is 53.7 Å². The highest BCUT2D eigenvalue weighted by Crippen LogP contribution is 2.43. The highest BCUT2D eigenvalue weighted by Gasteiger charge is 2.39. The number of aromatic nitrogens is 1. The summed E-state index contributed by atoms with van der Waals surface area (Å²) in [6.45, 7) is 2.96. The van der Waals surface area contributed by atoms with Crippen molar-refractivity contribution < 1.29 is 4.52 Å². The van der Waals surface area contributed by atoms with Gasteiger partial charge in [-0.1, -0.05) is 24.4 Å². The first-order valence-electron chi connectivity index (χ1n) is 7.66. The second-order valence-corrected chi connectivity index (χ2v) is 6.12. The van der Waals surface area contributed by atoms with Gasteiger partial charge in [0.2, 0.25) is 0 Å². The minimum Gasteiger partial charge on any atom is -0.364 e. The van der Waals surface area contributed by atoms with E-state index in [4.69, 9.17) is 4.52 Å². The van der Waals surface area contributed by atoms with Crippen LogP contribution >= 0.6 is 0 Å². The van der Waals surface area contributed by atoms with Crippen LogP contribution < -0.4 is 5.32 Å². The lowest BCUT2D eigenvalue weighted by molar-refractivity contribution is 0.203. The van der Waals surface area contributed by atoms with Crippen LogP contribution in [0.2, 0.25) is 0 Å². The van der Waals surface area contributed by atoms with Gasteiger partial charge in [0.15, 0.2) is 5.96 Å². The van der Waals surface area contributed by atoms with Crippen molar-refractivity contribution in [1.29, 1.82) is 0 Å². The molecule has 1 aromatic rings. The molecule has 1 aromatic heterocycles. The summed E-state index contributed by atoms with van der Waals surface area (Å²) in [6.07, 6.45) is 9.93. The molecule has 0 aromatic carbocycles. The maximum atomic E-state index is 4.85. The van der Waals surface area contributed by atoms with Crippen molar-refractivity contribution in [2.45, 2.75) is 45.1 Å². The second-order valence-electron chi connectivity index (χ2n) is 6.12. The quantitative estimate of drug-likeness (QED) is 0.666. The van der Waals surface area contributed by atoms with Gasteiger partial charge in [-0.2, -0.15) is 0 Å². The zero-order valence-electron chi connectivity index (χ0n) is 12.3. The number of likely N-dealkylation sites (tertiary alicyclic amines) is 1. The number of nitrogens with one attached hydrogen (secondary N) is 1. The fraction of sp³-hybridized carbons (Fsp3) is 0.733. The summed E-state index contributed by atoms with van der Waals surface area (Å²) in [7, 11) is 1.86. The first-order chi connectivity index (χ1) is 9.81. The molecule has 3 rings (SSSR count). The van der Waals surface area contributed by atoms with Crippen LogP contribution in [-0.2, 0) is 6.54 Å². The van der Waals surface area contributed by atoms with Gasteiger partial charge in [-0.15, -0.1) is 0 Å². The van der Waals surface area contributed by atoms with Gasteiger partial charge in [0, 0.05) is 26.2 Å². The molecule has 1 saturated carbocycles. The van der Waals surface area contributed by atoms with Crippen molar-refractivity contribution in [3.63, 3.8) is 0 Å². The van der Waals surface area contributed by atoms with Gasteiger partial charge in [-0.25, -0.2) is 0 Å². The Balaban J connectivity index is 1.57. The molecule has 110 valence electrons. The maximum Gasteiger partial charge on any atom is 0.193 e. The van der Waals surface area contributed by atoms with Gasteiger partial charge >= 0.3 is 0 Å². The summed E-state index contributed by atoms with van der Waals surface area (Å²) in [5.41, 5.74) is 1.47. The predicted octanol–water partition coefficient (Wildman–Crippen LogP) is 2.41. The van der Waals surface area contributed by atoms with E-state index in [-0.39, 0.29) is 0 Å². The largest absolute Gasteiger partial charge is 0.364 e. The van der Waals surface area contributed by atoms with E-state index in [1.165, 1.54) is 38.5 Å². The molecule has 0 atom stereocenters. The first kappa shape index (κ1) is 13.5. The molecule has 1 saturated heterocycles. The Labute approximate surface area is 120 Å². The normalized spacial score (nSPS) is 22.4. The summed E-state index contributed by atoms with van der Waals surface area (Å²) in [5, 5.41) is 7.31. The van der Waals surface area contributed by atoms with Crippen molar-refractivity contribution in [2.24, 2.45) is 10.4 Å². The molecule has 1 aliphatic heterocycles. The lowest BCUT2D eigenvalue weighted by Crippen LogP contribution is -2.41. The summed E-state index contributed by atoms with van der Waals surface area (Å²) in [6, 6.07) is 1.88. The molecule has 0 radical (unpaired) electrons. The summed E-state index contributed by atoms with van der Waals surface area (Å²) in [4.78, 5) is 6.83. The molecule has 5 nitrogen and oxygen atoms in total. The third kappa shape index (κ3) is 2.81. The number of hydrogen-bond acceptors (Lipinski definition) is 3. The van der Waals surface area contributed by atoms with E-state index in [0.717, 1.165) is 24.7 Å². The molecule has 2 fully saturated rings. The van der Waals surface area contributed by atoms with Crippen LogP contribution in [0.3, 0.4) is 0 Å². The van der Waals surface area contributed by atoms with E-state index in [2.05, 4.69) is 20.4 Å². The highest BCUT2D eigenvalue weighted by molar-refractivity contribution is 5.80. The standard InChI is InChI=1S/C15H24N4O/c1-16-14(17-11-13-5-10-20-18-13)19-9-8-15(12-19)6-3-2-4-7-15/h5,10H,2-4,6-9,11-12H2,1H3,(H,16,17). The van der Waals surface area contributed by atoms with Crippen molar-refractivity contribution >= 4 is 5.96 Å². The molecule has 0 unspecified atom stereocenters. The SMILES string of the molecule is CN=C(NCc1ccon1)N1CCC2(CCCCC2)C1. The van der Waals surface area contributed by atoms with E-state index >= 15 is 0 Å². The molecule has 0 amide bonds. The number of guanidine groups is 1. The molecular weight excluding hydrogens is 252 g/mol. The molecule has 1 aliphatic carbocycles.